The van der Waals surface area contributed by atoms with Crippen LogP contribution in [0.2, 0.25) is 5.02 Å². The lowest BCUT2D eigenvalue weighted by molar-refractivity contribution is -0.121. The Morgan fingerprint density at radius 2 is 1.58 bits per heavy atom. The van der Waals surface area contributed by atoms with E-state index in [2.05, 4.69) is 0 Å². The van der Waals surface area contributed by atoms with Gasteiger partial charge in [-0.25, -0.2) is 4.90 Å². The van der Waals surface area contributed by atoms with Crippen molar-refractivity contribution in [3.63, 3.8) is 0 Å². The van der Waals surface area contributed by atoms with Crippen molar-refractivity contribution in [1.82, 2.24) is 0 Å². The molecule has 5 rings (SSSR count). The highest BCUT2D eigenvalue weighted by atomic mass is 35.5. The van der Waals surface area contributed by atoms with Crippen LogP contribution in [0.1, 0.15) is 5.56 Å². The van der Waals surface area contributed by atoms with Crippen LogP contribution in [0.15, 0.2) is 84.0 Å². The number of para-hydroxylation sites is 1. The molecule has 6 nitrogen and oxygen atoms in total. The maximum absolute atomic E-state index is 13.5. The molecule has 0 bridgehead atoms. The number of imide groups is 1. The lowest BCUT2D eigenvalue weighted by Gasteiger charge is -2.22. The molecule has 0 saturated carbocycles. The van der Waals surface area contributed by atoms with Crippen molar-refractivity contribution >= 4 is 40.5 Å². The van der Waals surface area contributed by atoms with Crippen molar-refractivity contribution in [2.45, 2.75) is 6.04 Å². The number of methoxy groups -OCH3 is 1. The summed E-state index contributed by atoms with van der Waals surface area (Å²) in [5, 5.41) is 6.84. The molecule has 0 aromatic heterocycles. The first-order valence-corrected chi connectivity index (χ1v) is 10.2. The predicted molar refractivity (Wildman–Crippen MR) is 120 cm³/mol. The monoisotopic (exact) mass is 431 g/mol. The van der Waals surface area contributed by atoms with Crippen LogP contribution in [-0.2, 0) is 9.59 Å². The van der Waals surface area contributed by atoms with Crippen molar-refractivity contribution in [2.24, 2.45) is 11.0 Å². The Morgan fingerprint density at radius 1 is 0.871 bits per heavy atom. The van der Waals surface area contributed by atoms with Gasteiger partial charge in [0.15, 0.2) is 0 Å². The molecule has 2 aliphatic rings. The van der Waals surface area contributed by atoms with E-state index in [0.717, 1.165) is 11.3 Å². The number of rotatable bonds is 4. The van der Waals surface area contributed by atoms with Crippen LogP contribution in [0.25, 0.3) is 0 Å². The quantitative estimate of drug-likeness (QED) is 0.583. The third-order valence-electron chi connectivity index (χ3n) is 5.52. The van der Waals surface area contributed by atoms with Crippen LogP contribution in [0.4, 0.5) is 11.4 Å². The van der Waals surface area contributed by atoms with E-state index in [-0.39, 0.29) is 11.8 Å². The molecule has 2 atom stereocenters. The van der Waals surface area contributed by atoms with Crippen molar-refractivity contribution in [2.75, 3.05) is 17.0 Å². The van der Waals surface area contributed by atoms with Crippen LogP contribution >= 0.6 is 11.6 Å². The zero-order chi connectivity index (χ0) is 21.5. The largest absolute Gasteiger partial charge is 0.497 e. The molecule has 0 aliphatic carbocycles. The first kappa shape index (κ1) is 19.3. The number of amides is 2. The first-order valence-electron chi connectivity index (χ1n) is 9.79. The molecule has 1 saturated heterocycles. The molecular formula is C24H18ClN3O3. The summed E-state index contributed by atoms with van der Waals surface area (Å²) in [5.41, 5.74) is 2.52. The van der Waals surface area contributed by atoms with Gasteiger partial charge in [0, 0.05) is 5.02 Å². The number of hydrazone groups is 1. The normalized spacial score (nSPS) is 20.1. The fourth-order valence-corrected chi connectivity index (χ4v) is 4.26. The molecule has 154 valence electrons. The van der Waals surface area contributed by atoms with E-state index in [0.29, 0.717) is 22.2 Å². The molecule has 2 amide bonds. The van der Waals surface area contributed by atoms with Crippen molar-refractivity contribution in [1.29, 1.82) is 0 Å². The number of hydrogen-bond acceptors (Lipinski definition) is 5. The Balaban J connectivity index is 1.62. The van der Waals surface area contributed by atoms with E-state index >= 15 is 0 Å². The molecule has 7 heteroatoms. The molecule has 31 heavy (non-hydrogen) atoms. The molecular weight excluding hydrogens is 414 g/mol. The predicted octanol–water partition coefficient (Wildman–Crippen LogP) is 4.13. The van der Waals surface area contributed by atoms with Crippen molar-refractivity contribution in [3.8, 4) is 5.75 Å². The van der Waals surface area contributed by atoms with E-state index in [1.807, 2.05) is 54.6 Å². The first-order chi connectivity index (χ1) is 15.1. The highest BCUT2D eigenvalue weighted by Gasteiger charge is 2.57. The van der Waals surface area contributed by atoms with Crippen molar-refractivity contribution < 1.29 is 14.3 Å². The summed E-state index contributed by atoms with van der Waals surface area (Å²) in [6.07, 6.45) is 0. The number of fused-ring (bicyclic) bond motifs is 1. The van der Waals surface area contributed by atoms with Gasteiger partial charge in [0.1, 0.15) is 17.7 Å². The van der Waals surface area contributed by atoms with Gasteiger partial charge >= 0.3 is 0 Å². The van der Waals surface area contributed by atoms with Gasteiger partial charge in [-0.15, -0.1) is 0 Å². The van der Waals surface area contributed by atoms with Gasteiger partial charge in [0.25, 0.3) is 5.91 Å². The summed E-state index contributed by atoms with van der Waals surface area (Å²) in [6.45, 7) is 0. The number of carbonyl (C=O) groups excluding carboxylic acids is 2. The van der Waals surface area contributed by atoms with E-state index in [1.165, 1.54) is 4.90 Å². The number of anilines is 2. The molecule has 0 radical (unpaired) electrons. The average molecular weight is 432 g/mol. The van der Waals surface area contributed by atoms with Crippen molar-refractivity contribution in [3.05, 3.63) is 89.4 Å². The molecule has 2 heterocycles. The van der Waals surface area contributed by atoms with Crippen LogP contribution < -0.4 is 14.6 Å². The second-order valence-electron chi connectivity index (χ2n) is 7.31. The number of carbonyl (C=O) groups is 2. The number of ether oxygens (including phenoxy) is 1. The maximum atomic E-state index is 13.5. The minimum Gasteiger partial charge on any atom is -0.497 e. The fraction of sp³-hybridized carbons (Fsp3) is 0.125. The number of halogens is 1. The van der Waals surface area contributed by atoms with Crippen LogP contribution in [-0.4, -0.2) is 30.7 Å². The number of hydrogen-bond donors (Lipinski definition) is 0. The molecule has 0 N–H and O–H groups in total. The fourth-order valence-electron chi connectivity index (χ4n) is 4.08. The van der Waals surface area contributed by atoms with Gasteiger partial charge in [-0.3, -0.25) is 14.6 Å². The van der Waals surface area contributed by atoms with Crippen LogP contribution in [0.5, 0.6) is 5.75 Å². The Hall–Kier alpha value is -3.64. The number of nitrogens with zero attached hydrogens (tertiary/aromatic N) is 3. The third kappa shape index (κ3) is 3.16. The molecule has 3 aromatic rings. The minimum atomic E-state index is -0.758. The topological polar surface area (TPSA) is 62.2 Å². The van der Waals surface area contributed by atoms with E-state index in [4.69, 9.17) is 21.4 Å². The summed E-state index contributed by atoms with van der Waals surface area (Å²) in [7, 11) is 1.59. The lowest BCUT2D eigenvalue weighted by atomic mass is 9.93. The van der Waals surface area contributed by atoms with Crippen LogP contribution in [0, 0.1) is 5.92 Å². The summed E-state index contributed by atoms with van der Waals surface area (Å²) < 4.78 is 5.24. The molecule has 0 unspecified atom stereocenters. The van der Waals surface area contributed by atoms with Gasteiger partial charge in [-0.2, -0.15) is 5.10 Å². The van der Waals surface area contributed by atoms with Gasteiger partial charge in [0.2, 0.25) is 5.91 Å². The summed E-state index contributed by atoms with van der Waals surface area (Å²) in [4.78, 5) is 28.2. The van der Waals surface area contributed by atoms with Gasteiger partial charge in [-0.05, 0) is 60.2 Å². The zero-order valence-electron chi connectivity index (χ0n) is 16.6. The second kappa shape index (κ2) is 7.56. The zero-order valence-corrected chi connectivity index (χ0v) is 17.4. The highest BCUT2D eigenvalue weighted by molar-refractivity contribution is 6.35. The molecule has 3 aromatic carbocycles. The lowest BCUT2D eigenvalue weighted by Crippen LogP contribution is -2.39. The molecule has 2 aliphatic heterocycles. The SMILES string of the molecule is COc1ccc(C2=NN(c3ccccc3)[C@@H]3C(=O)N(c4cccc(Cl)c4)C(=O)[C@H]23)cc1. The smallest absolute Gasteiger partial charge is 0.259 e. The minimum absolute atomic E-state index is 0.315. The van der Waals surface area contributed by atoms with Gasteiger partial charge < -0.3 is 4.74 Å². The average Bonchev–Trinajstić information content (AvgIpc) is 3.31. The second-order valence-corrected chi connectivity index (χ2v) is 7.74. The van der Waals surface area contributed by atoms with E-state index in [9.17, 15) is 9.59 Å². The van der Waals surface area contributed by atoms with Crippen LogP contribution in [0.3, 0.4) is 0 Å². The summed E-state index contributed by atoms with van der Waals surface area (Å²) in [5.74, 6) is -0.660. The molecule has 1 fully saturated rings. The summed E-state index contributed by atoms with van der Waals surface area (Å²) >= 11 is 6.12. The van der Waals surface area contributed by atoms with Gasteiger partial charge in [-0.1, -0.05) is 35.9 Å². The summed E-state index contributed by atoms with van der Waals surface area (Å²) in [6, 6.07) is 22.7. The highest BCUT2D eigenvalue weighted by Crippen LogP contribution is 2.39. The van der Waals surface area contributed by atoms with E-state index < -0.39 is 12.0 Å². The Bertz CT molecular complexity index is 1190. The Kier molecular flexibility index (Phi) is 4.71. The Morgan fingerprint density at radius 3 is 2.26 bits per heavy atom. The number of benzene rings is 3. The van der Waals surface area contributed by atoms with E-state index in [1.54, 1.807) is 36.4 Å². The van der Waals surface area contributed by atoms with Gasteiger partial charge in [0.05, 0.1) is 24.2 Å². The third-order valence-corrected chi connectivity index (χ3v) is 5.76. The maximum Gasteiger partial charge on any atom is 0.259 e. The molecule has 0 spiro atoms. The standard InChI is InChI=1S/C24H18ClN3O3/c1-31-19-12-10-15(11-13-19)21-20-22(28(26-21)17-7-3-2-4-8-17)24(30)27(23(20)29)18-9-5-6-16(25)14-18/h2-14,20,22H,1H3/t20-,22+/m1/s1. The Labute approximate surface area is 184 Å².